The minimum absolute atomic E-state index is 0.00411. The van der Waals surface area contributed by atoms with Crippen LogP contribution in [0.1, 0.15) is 53.1 Å². The summed E-state index contributed by atoms with van der Waals surface area (Å²) in [5.41, 5.74) is 5.12. The van der Waals surface area contributed by atoms with Crippen LogP contribution in [0.3, 0.4) is 0 Å². The summed E-state index contributed by atoms with van der Waals surface area (Å²) in [6.45, 7) is 4.50. The molecule has 0 bridgehead atoms. The van der Waals surface area contributed by atoms with Gasteiger partial charge >= 0.3 is 0 Å². The number of para-hydroxylation sites is 1. The number of fused-ring (bicyclic) bond motifs is 1. The number of nitrogens with zero attached hydrogens (tertiary/aromatic N) is 1. The Hall–Kier alpha value is -3.66. The zero-order valence-corrected chi connectivity index (χ0v) is 19.0. The molecule has 1 aromatic heterocycles. The first-order valence-electron chi connectivity index (χ1n) is 11.5. The number of benzene rings is 3. The maximum atomic E-state index is 13.0. The van der Waals surface area contributed by atoms with Gasteiger partial charge in [0.1, 0.15) is 5.75 Å². The SMILES string of the molecule is CC(=O)c1cccc(-c2c(C(C)=O)n(Cc3cccc(OCC4CC4)c3)c3ccccc23)c1. The van der Waals surface area contributed by atoms with Crippen molar-refractivity contribution in [3.63, 3.8) is 0 Å². The van der Waals surface area contributed by atoms with Crippen LogP contribution in [0.2, 0.25) is 0 Å². The topological polar surface area (TPSA) is 48.3 Å². The van der Waals surface area contributed by atoms with Crippen LogP contribution in [0.15, 0.2) is 72.8 Å². The molecule has 0 atom stereocenters. The predicted molar refractivity (Wildman–Crippen MR) is 131 cm³/mol. The Balaban J connectivity index is 1.62. The summed E-state index contributed by atoms with van der Waals surface area (Å²) in [5, 5.41) is 1.00. The summed E-state index contributed by atoms with van der Waals surface area (Å²) in [4.78, 5) is 25.0. The molecule has 4 nitrogen and oxygen atoms in total. The van der Waals surface area contributed by atoms with Crippen molar-refractivity contribution in [3.8, 4) is 16.9 Å². The van der Waals surface area contributed by atoms with E-state index in [1.54, 1.807) is 13.8 Å². The van der Waals surface area contributed by atoms with Crippen molar-refractivity contribution in [2.75, 3.05) is 6.61 Å². The number of rotatable bonds is 8. The van der Waals surface area contributed by atoms with Crippen molar-refractivity contribution < 1.29 is 14.3 Å². The average Bonchev–Trinajstić information content (AvgIpc) is 3.59. The summed E-state index contributed by atoms with van der Waals surface area (Å²) < 4.78 is 8.07. The molecule has 1 heterocycles. The average molecular weight is 438 g/mol. The second kappa shape index (κ2) is 8.70. The number of Topliss-reactive ketones (excluding diaryl/α,β-unsaturated/α-hetero) is 2. The largest absolute Gasteiger partial charge is 0.493 e. The highest BCUT2D eigenvalue weighted by Gasteiger charge is 2.23. The van der Waals surface area contributed by atoms with Crippen LogP contribution in [-0.2, 0) is 6.54 Å². The first-order valence-corrected chi connectivity index (χ1v) is 11.5. The minimum atomic E-state index is -0.00411. The number of aromatic nitrogens is 1. The minimum Gasteiger partial charge on any atom is -0.493 e. The van der Waals surface area contributed by atoms with Gasteiger partial charge in [-0.15, -0.1) is 0 Å². The highest BCUT2D eigenvalue weighted by molar-refractivity contribution is 6.11. The third-order valence-corrected chi connectivity index (χ3v) is 6.28. The molecule has 0 N–H and O–H groups in total. The maximum absolute atomic E-state index is 13.0. The Morgan fingerprint density at radius 3 is 2.45 bits per heavy atom. The fraction of sp³-hybridized carbons (Fsp3) is 0.241. The van der Waals surface area contributed by atoms with Crippen LogP contribution >= 0.6 is 0 Å². The van der Waals surface area contributed by atoms with E-state index in [1.807, 2.05) is 60.7 Å². The van der Waals surface area contributed by atoms with Gasteiger partial charge in [-0.1, -0.05) is 48.5 Å². The molecule has 0 unspecified atom stereocenters. The number of ether oxygens (including phenoxy) is 1. The summed E-state index contributed by atoms with van der Waals surface area (Å²) in [6.07, 6.45) is 2.51. The third-order valence-electron chi connectivity index (χ3n) is 6.28. The Bertz CT molecular complexity index is 1360. The molecule has 0 saturated heterocycles. The van der Waals surface area contributed by atoms with E-state index in [0.717, 1.165) is 39.9 Å². The Morgan fingerprint density at radius 2 is 1.70 bits per heavy atom. The van der Waals surface area contributed by atoms with Gasteiger partial charge in [-0.05, 0) is 61.1 Å². The first kappa shape index (κ1) is 21.2. The lowest BCUT2D eigenvalue weighted by Crippen LogP contribution is -2.09. The maximum Gasteiger partial charge on any atom is 0.176 e. The van der Waals surface area contributed by atoms with Crippen molar-refractivity contribution in [1.82, 2.24) is 4.57 Å². The van der Waals surface area contributed by atoms with Gasteiger partial charge in [-0.25, -0.2) is 0 Å². The second-order valence-electron chi connectivity index (χ2n) is 8.92. The lowest BCUT2D eigenvalue weighted by atomic mass is 9.98. The van der Waals surface area contributed by atoms with Crippen LogP contribution < -0.4 is 4.74 Å². The van der Waals surface area contributed by atoms with Gasteiger partial charge in [0.2, 0.25) is 0 Å². The highest BCUT2D eigenvalue weighted by Crippen LogP contribution is 2.36. The zero-order chi connectivity index (χ0) is 22.9. The molecule has 1 saturated carbocycles. The summed E-state index contributed by atoms with van der Waals surface area (Å²) >= 11 is 0. The van der Waals surface area contributed by atoms with Gasteiger partial charge < -0.3 is 9.30 Å². The van der Waals surface area contributed by atoms with Crippen molar-refractivity contribution >= 4 is 22.5 Å². The molecule has 1 fully saturated rings. The van der Waals surface area contributed by atoms with E-state index >= 15 is 0 Å². The molecule has 4 heteroatoms. The zero-order valence-electron chi connectivity index (χ0n) is 19.0. The molecule has 3 aromatic carbocycles. The number of hydrogen-bond donors (Lipinski definition) is 0. The smallest absolute Gasteiger partial charge is 0.176 e. The van der Waals surface area contributed by atoms with Crippen LogP contribution in [0, 0.1) is 5.92 Å². The van der Waals surface area contributed by atoms with Crippen molar-refractivity contribution in [1.29, 1.82) is 0 Å². The molecule has 5 rings (SSSR count). The van der Waals surface area contributed by atoms with Crippen molar-refractivity contribution in [2.24, 2.45) is 5.92 Å². The summed E-state index contributed by atoms with van der Waals surface area (Å²) in [6, 6.07) is 23.7. The quantitative estimate of drug-likeness (QED) is 0.294. The molecule has 0 spiro atoms. The van der Waals surface area contributed by atoms with E-state index in [-0.39, 0.29) is 11.6 Å². The molecule has 1 aliphatic rings. The Morgan fingerprint density at radius 1 is 0.909 bits per heavy atom. The van der Waals surface area contributed by atoms with Crippen LogP contribution in [0.5, 0.6) is 5.75 Å². The standard InChI is InChI=1S/C29H27NO3/c1-19(31)23-8-6-9-24(16-23)28-26-11-3-4-12-27(26)30(29(28)20(2)32)17-22-7-5-10-25(15-22)33-18-21-13-14-21/h3-12,15-16,21H,13-14,17-18H2,1-2H3. The number of hydrogen-bond acceptors (Lipinski definition) is 3. The normalized spacial score (nSPS) is 13.3. The van der Waals surface area contributed by atoms with Crippen LogP contribution in [-0.4, -0.2) is 22.7 Å². The fourth-order valence-electron chi connectivity index (χ4n) is 4.43. The van der Waals surface area contributed by atoms with E-state index < -0.39 is 0 Å². The predicted octanol–water partition coefficient (Wildman–Crippen LogP) is 6.55. The van der Waals surface area contributed by atoms with Crippen LogP contribution in [0.4, 0.5) is 0 Å². The molecule has 0 amide bonds. The van der Waals surface area contributed by atoms with Gasteiger partial charge in [0.15, 0.2) is 11.6 Å². The third kappa shape index (κ3) is 4.34. The van der Waals surface area contributed by atoms with Crippen LogP contribution in [0.25, 0.3) is 22.0 Å². The molecule has 166 valence electrons. The Labute approximate surface area is 193 Å². The van der Waals surface area contributed by atoms with Gasteiger partial charge in [0.05, 0.1) is 12.3 Å². The lowest BCUT2D eigenvalue weighted by Gasteiger charge is -2.12. The summed E-state index contributed by atoms with van der Waals surface area (Å²) in [5.74, 6) is 1.57. The fourth-order valence-corrected chi connectivity index (χ4v) is 4.43. The molecular weight excluding hydrogens is 410 g/mol. The van der Waals surface area contributed by atoms with E-state index in [2.05, 4.69) is 16.7 Å². The highest BCUT2D eigenvalue weighted by atomic mass is 16.5. The molecule has 4 aromatic rings. The lowest BCUT2D eigenvalue weighted by molar-refractivity contribution is 0.100. The number of carbonyl (C=O) groups excluding carboxylic acids is 2. The van der Waals surface area contributed by atoms with Gasteiger partial charge in [-0.2, -0.15) is 0 Å². The van der Waals surface area contributed by atoms with E-state index in [1.165, 1.54) is 12.8 Å². The molecule has 33 heavy (non-hydrogen) atoms. The number of carbonyl (C=O) groups is 2. The van der Waals surface area contributed by atoms with E-state index in [9.17, 15) is 9.59 Å². The Kier molecular flexibility index (Phi) is 5.59. The molecule has 1 aliphatic carbocycles. The molecule has 0 radical (unpaired) electrons. The summed E-state index contributed by atoms with van der Waals surface area (Å²) in [7, 11) is 0. The van der Waals surface area contributed by atoms with E-state index in [4.69, 9.17) is 4.74 Å². The second-order valence-corrected chi connectivity index (χ2v) is 8.92. The molecule has 0 aliphatic heterocycles. The first-order chi connectivity index (χ1) is 16.0. The van der Waals surface area contributed by atoms with Gasteiger partial charge in [0.25, 0.3) is 0 Å². The molecular formula is C29H27NO3. The number of ketones is 2. The van der Waals surface area contributed by atoms with Gasteiger partial charge in [-0.3, -0.25) is 9.59 Å². The monoisotopic (exact) mass is 437 g/mol. The van der Waals surface area contributed by atoms with Crippen molar-refractivity contribution in [3.05, 3.63) is 89.6 Å². The van der Waals surface area contributed by atoms with Gasteiger partial charge in [0, 0.05) is 35.5 Å². The van der Waals surface area contributed by atoms with Crippen molar-refractivity contribution in [2.45, 2.75) is 33.2 Å². The van der Waals surface area contributed by atoms with E-state index in [0.29, 0.717) is 23.7 Å².